The van der Waals surface area contributed by atoms with Crippen LogP contribution >= 0.6 is 38.5 Å². The summed E-state index contributed by atoms with van der Waals surface area (Å²) in [4.78, 5) is 0. The van der Waals surface area contributed by atoms with Gasteiger partial charge in [0.05, 0.1) is 0 Å². The van der Waals surface area contributed by atoms with Gasteiger partial charge in [0.25, 0.3) is 0 Å². The Bertz CT molecular complexity index is 368. The molecule has 1 aromatic carbocycles. The van der Waals surface area contributed by atoms with Gasteiger partial charge in [0, 0.05) is 14.1 Å². The van der Waals surface area contributed by atoms with Crippen LogP contribution in [0.3, 0.4) is 0 Å². The SMILES string of the molecule is CCCCCCC(NCCC)c1cc(Br)ccc1I. The van der Waals surface area contributed by atoms with Crippen LogP contribution in [0.15, 0.2) is 22.7 Å². The van der Waals surface area contributed by atoms with Crippen molar-refractivity contribution < 1.29 is 0 Å². The fraction of sp³-hybridized carbons (Fsp3) is 0.625. The fourth-order valence-electron chi connectivity index (χ4n) is 2.24. The number of hydrogen-bond donors (Lipinski definition) is 1. The average molecular weight is 438 g/mol. The van der Waals surface area contributed by atoms with E-state index in [0.29, 0.717) is 6.04 Å². The maximum atomic E-state index is 3.71. The highest BCUT2D eigenvalue weighted by molar-refractivity contribution is 14.1. The molecule has 1 aromatic rings. The molecule has 1 rings (SSSR count). The van der Waals surface area contributed by atoms with Crippen molar-refractivity contribution in [2.45, 2.75) is 58.4 Å². The van der Waals surface area contributed by atoms with E-state index in [9.17, 15) is 0 Å². The largest absolute Gasteiger partial charge is 0.310 e. The molecule has 0 amide bonds. The first-order valence-electron chi connectivity index (χ1n) is 7.37. The molecular formula is C16H25BrIN. The highest BCUT2D eigenvalue weighted by Crippen LogP contribution is 2.27. The molecule has 0 saturated heterocycles. The van der Waals surface area contributed by atoms with Crippen molar-refractivity contribution >= 4 is 38.5 Å². The van der Waals surface area contributed by atoms with E-state index in [4.69, 9.17) is 0 Å². The Morgan fingerprint density at radius 1 is 1.16 bits per heavy atom. The van der Waals surface area contributed by atoms with Gasteiger partial charge in [-0.05, 0) is 65.7 Å². The van der Waals surface area contributed by atoms with Crippen molar-refractivity contribution in [2.75, 3.05) is 6.54 Å². The third-order valence-electron chi connectivity index (χ3n) is 3.32. The van der Waals surface area contributed by atoms with Crippen LogP contribution in [-0.4, -0.2) is 6.54 Å². The topological polar surface area (TPSA) is 12.0 Å². The smallest absolute Gasteiger partial charge is 0.0331 e. The van der Waals surface area contributed by atoms with Gasteiger partial charge in [0.2, 0.25) is 0 Å². The summed E-state index contributed by atoms with van der Waals surface area (Å²) in [6.45, 7) is 5.60. The second-order valence-electron chi connectivity index (χ2n) is 5.02. The molecule has 0 saturated carbocycles. The van der Waals surface area contributed by atoms with Crippen molar-refractivity contribution in [1.29, 1.82) is 0 Å². The number of hydrogen-bond acceptors (Lipinski definition) is 1. The Balaban J connectivity index is 2.68. The molecule has 0 fully saturated rings. The van der Waals surface area contributed by atoms with Crippen molar-refractivity contribution in [1.82, 2.24) is 5.32 Å². The lowest BCUT2D eigenvalue weighted by Gasteiger charge is -2.20. The summed E-state index contributed by atoms with van der Waals surface area (Å²) in [6, 6.07) is 7.10. The zero-order valence-corrected chi connectivity index (χ0v) is 15.8. The maximum absolute atomic E-state index is 3.71. The zero-order chi connectivity index (χ0) is 14.1. The number of halogens is 2. The summed E-state index contributed by atoms with van der Waals surface area (Å²) in [6.07, 6.45) is 7.77. The second kappa shape index (κ2) is 10.2. The standard InChI is InChI=1S/C16H25BrIN/c1-3-5-6-7-8-16(19-11-4-2)14-12-13(17)9-10-15(14)18/h9-10,12,16,19H,3-8,11H2,1-2H3. The normalized spacial score (nSPS) is 12.6. The van der Waals surface area contributed by atoms with Gasteiger partial charge in [-0.3, -0.25) is 0 Å². The molecule has 1 N–H and O–H groups in total. The van der Waals surface area contributed by atoms with Crippen molar-refractivity contribution in [3.63, 3.8) is 0 Å². The first kappa shape index (κ1) is 17.4. The summed E-state index contributed by atoms with van der Waals surface area (Å²) < 4.78 is 2.55. The Hall–Kier alpha value is 0.390. The molecule has 0 aromatic heterocycles. The predicted molar refractivity (Wildman–Crippen MR) is 96.7 cm³/mol. The minimum absolute atomic E-state index is 0.501. The molecule has 0 radical (unpaired) electrons. The van der Waals surface area contributed by atoms with Crippen LogP contribution in [0.5, 0.6) is 0 Å². The molecule has 1 nitrogen and oxygen atoms in total. The Labute approximate surface area is 140 Å². The Kier molecular flexibility index (Phi) is 9.33. The van der Waals surface area contributed by atoms with Gasteiger partial charge >= 0.3 is 0 Å². The quantitative estimate of drug-likeness (QED) is 0.365. The van der Waals surface area contributed by atoms with Crippen molar-refractivity contribution in [2.24, 2.45) is 0 Å². The summed E-state index contributed by atoms with van der Waals surface area (Å²) in [5.41, 5.74) is 1.44. The minimum Gasteiger partial charge on any atom is -0.310 e. The molecule has 0 spiro atoms. The molecule has 1 unspecified atom stereocenters. The van der Waals surface area contributed by atoms with E-state index in [0.717, 1.165) is 6.54 Å². The lowest BCUT2D eigenvalue weighted by molar-refractivity contribution is 0.469. The van der Waals surface area contributed by atoms with Crippen molar-refractivity contribution in [3.8, 4) is 0 Å². The molecule has 19 heavy (non-hydrogen) atoms. The van der Waals surface area contributed by atoms with E-state index < -0.39 is 0 Å². The number of benzene rings is 1. The maximum Gasteiger partial charge on any atom is 0.0331 e. The molecule has 0 heterocycles. The minimum atomic E-state index is 0.501. The molecule has 0 bridgehead atoms. The molecular weight excluding hydrogens is 413 g/mol. The van der Waals surface area contributed by atoms with Crippen LogP contribution < -0.4 is 5.32 Å². The van der Waals surface area contributed by atoms with Gasteiger partial charge < -0.3 is 5.32 Å². The van der Waals surface area contributed by atoms with E-state index in [1.807, 2.05) is 0 Å². The predicted octanol–water partition coefficient (Wildman–Crippen LogP) is 6.06. The van der Waals surface area contributed by atoms with Crippen molar-refractivity contribution in [3.05, 3.63) is 31.8 Å². The Morgan fingerprint density at radius 2 is 1.95 bits per heavy atom. The fourth-order valence-corrected chi connectivity index (χ4v) is 3.33. The van der Waals surface area contributed by atoms with Crippen LogP contribution in [0.25, 0.3) is 0 Å². The Morgan fingerprint density at radius 3 is 2.63 bits per heavy atom. The number of nitrogens with one attached hydrogen (secondary N) is 1. The number of unbranched alkanes of at least 4 members (excludes halogenated alkanes) is 3. The van der Waals surface area contributed by atoms with Gasteiger partial charge in [-0.25, -0.2) is 0 Å². The summed E-state index contributed by atoms with van der Waals surface area (Å²) in [7, 11) is 0. The van der Waals surface area contributed by atoms with E-state index >= 15 is 0 Å². The number of rotatable bonds is 9. The highest BCUT2D eigenvalue weighted by Gasteiger charge is 2.13. The van der Waals surface area contributed by atoms with Crippen LogP contribution in [0.1, 0.15) is 64.0 Å². The van der Waals surface area contributed by atoms with E-state index in [1.54, 1.807) is 0 Å². The average Bonchev–Trinajstić information content (AvgIpc) is 2.41. The van der Waals surface area contributed by atoms with Crippen LogP contribution in [-0.2, 0) is 0 Å². The second-order valence-corrected chi connectivity index (χ2v) is 7.10. The lowest BCUT2D eigenvalue weighted by Crippen LogP contribution is -2.23. The third-order valence-corrected chi connectivity index (χ3v) is 4.80. The van der Waals surface area contributed by atoms with Gasteiger partial charge in [0.15, 0.2) is 0 Å². The molecule has 1 atom stereocenters. The molecule has 108 valence electrons. The summed E-state index contributed by atoms with van der Waals surface area (Å²) in [5.74, 6) is 0. The van der Waals surface area contributed by atoms with E-state index in [-0.39, 0.29) is 0 Å². The summed E-state index contributed by atoms with van der Waals surface area (Å²) >= 11 is 6.05. The van der Waals surface area contributed by atoms with Crippen LogP contribution in [0, 0.1) is 3.57 Å². The zero-order valence-electron chi connectivity index (χ0n) is 12.0. The molecule has 0 aliphatic rings. The van der Waals surface area contributed by atoms with E-state index in [2.05, 4.69) is 75.9 Å². The summed E-state index contributed by atoms with van der Waals surface area (Å²) in [5, 5.41) is 3.71. The van der Waals surface area contributed by atoms with Gasteiger partial charge in [-0.1, -0.05) is 55.5 Å². The first-order chi connectivity index (χ1) is 9.19. The first-order valence-corrected chi connectivity index (χ1v) is 9.24. The monoisotopic (exact) mass is 437 g/mol. The van der Waals surface area contributed by atoms with Gasteiger partial charge in [-0.2, -0.15) is 0 Å². The van der Waals surface area contributed by atoms with Crippen LogP contribution in [0.2, 0.25) is 0 Å². The molecule has 3 heteroatoms. The molecule has 0 aliphatic heterocycles. The van der Waals surface area contributed by atoms with Crippen LogP contribution in [0.4, 0.5) is 0 Å². The third kappa shape index (κ3) is 6.58. The van der Waals surface area contributed by atoms with Gasteiger partial charge in [0.1, 0.15) is 0 Å². The van der Waals surface area contributed by atoms with E-state index in [1.165, 1.54) is 52.1 Å². The molecule has 0 aliphatic carbocycles. The lowest BCUT2D eigenvalue weighted by atomic mass is 10.00. The van der Waals surface area contributed by atoms with Gasteiger partial charge in [-0.15, -0.1) is 0 Å². The highest BCUT2D eigenvalue weighted by atomic mass is 127.